The summed E-state index contributed by atoms with van der Waals surface area (Å²) in [6.07, 6.45) is 1.72. The van der Waals surface area contributed by atoms with Crippen LogP contribution in [0.3, 0.4) is 0 Å². The van der Waals surface area contributed by atoms with Crippen molar-refractivity contribution in [1.29, 1.82) is 0 Å². The molecule has 2 rings (SSSR count). The van der Waals surface area contributed by atoms with E-state index in [4.69, 9.17) is 4.74 Å². The number of halogens is 2. The largest absolute Gasteiger partial charge is 0.381 e. The predicted molar refractivity (Wildman–Crippen MR) is 69.6 cm³/mol. The van der Waals surface area contributed by atoms with Crippen molar-refractivity contribution >= 4 is 15.9 Å². The summed E-state index contributed by atoms with van der Waals surface area (Å²) in [7, 11) is 1.93. The Bertz CT molecular complexity index is 391. The molecule has 0 saturated carbocycles. The molecule has 0 aliphatic carbocycles. The van der Waals surface area contributed by atoms with E-state index in [0.717, 1.165) is 36.0 Å². The minimum absolute atomic E-state index is 0.0451. The standard InChI is InChI=1S/C13H17BrFNO/c1-16-8-13(4-5-17-9-13)7-10-2-3-11(14)6-12(10)15/h2-3,6,16H,4-5,7-9H2,1H3. The molecule has 1 N–H and O–H groups in total. The van der Waals surface area contributed by atoms with Crippen LogP contribution in [0.2, 0.25) is 0 Å². The molecule has 0 aromatic heterocycles. The lowest BCUT2D eigenvalue weighted by atomic mass is 9.81. The maximum absolute atomic E-state index is 13.8. The predicted octanol–water partition coefficient (Wildman–Crippen LogP) is 2.76. The van der Waals surface area contributed by atoms with Gasteiger partial charge in [0.15, 0.2) is 0 Å². The van der Waals surface area contributed by atoms with Crippen LogP contribution in [-0.2, 0) is 11.2 Å². The fourth-order valence-corrected chi connectivity index (χ4v) is 2.77. The van der Waals surface area contributed by atoms with Gasteiger partial charge in [0.1, 0.15) is 5.82 Å². The molecule has 4 heteroatoms. The second-order valence-corrected chi connectivity index (χ2v) is 5.66. The highest BCUT2D eigenvalue weighted by Crippen LogP contribution is 2.33. The van der Waals surface area contributed by atoms with Crippen LogP contribution in [-0.4, -0.2) is 26.8 Å². The van der Waals surface area contributed by atoms with E-state index in [9.17, 15) is 4.39 Å². The van der Waals surface area contributed by atoms with Gasteiger partial charge in [0.2, 0.25) is 0 Å². The number of rotatable bonds is 4. The number of ether oxygens (including phenoxy) is 1. The Morgan fingerprint density at radius 1 is 1.53 bits per heavy atom. The topological polar surface area (TPSA) is 21.3 Å². The first kappa shape index (κ1) is 13.0. The van der Waals surface area contributed by atoms with E-state index in [1.54, 1.807) is 0 Å². The van der Waals surface area contributed by atoms with Gasteiger partial charge in [-0.1, -0.05) is 22.0 Å². The van der Waals surface area contributed by atoms with Crippen LogP contribution in [0, 0.1) is 11.2 Å². The molecule has 17 heavy (non-hydrogen) atoms. The maximum Gasteiger partial charge on any atom is 0.127 e. The molecule has 1 aromatic carbocycles. The Balaban J connectivity index is 2.17. The first-order chi connectivity index (χ1) is 8.15. The summed E-state index contributed by atoms with van der Waals surface area (Å²) < 4.78 is 20.1. The quantitative estimate of drug-likeness (QED) is 0.923. The first-order valence-corrected chi connectivity index (χ1v) is 6.61. The van der Waals surface area contributed by atoms with E-state index < -0.39 is 0 Å². The average molecular weight is 302 g/mol. The third-order valence-electron chi connectivity index (χ3n) is 3.32. The fourth-order valence-electron chi connectivity index (χ4n) is 2.43. The van der Waals surface area contributed by atoms with E-state index in [-0.39, 0.29) is 11.2 Å². The molecule has 0 bridgehead atoms. The van der Waals surface area contributed by atoms with Crippen LogP contribution in [0.15, 0.2) is 22.7 Å². The zero-order chi connectivity index (χ0) is 12.3. The molecule has 1 atom stereocenters. The van der Waals surface area contributed by atoms with E-state index in [0.29, 0.717) is 6.61 Å². The summed E-state index contributed by atoms with van der Waals surface area (Å²) in [5.41, 5.74) is 0.817. The number of hydrogen-bond acceptors (Lipinski definition) is 2. The summed E-state index contributed by atoms with van der Waals surface area (Å²) >= 11 is 3.28. The summed E-state index contributed by atoms with van der Waals surface area (Å²) in [5, 5.41) is 3.19. The number of hydrogen-bond donors (Lipinski definition) is 1. The lowest BCUT2D eigenvalue weighted by molar-refractivity contribution is 0.150. The lowest BCUT2D eigenvalue weighted by Crippen LogP contribution is -2.35. The SMILES string of the molecule is CNCC1(Cc2ccc(Br)cc2F)CCOC1. The van der Waals surface area contributed by atoms with Gasteiger partial charge in [-0.25, -0.2) is 4.39 Å². The van der Waals surface area contributed by atoms with E-state index in [1.165, 1.54) is 6.07 Å². The van der Waals surface area contributed by atoms with Gasteiger partial charge in [0.25, 0.3) is 0 Å². The molecule has 1 aliphatic heterocycles. The smallest absolute Gasteiger partial charge is 0.127 e. The Hall–Kier alpha value is -0.450. The van der Waals surface area contributed by atoms with Crippen LogP contribution in [0.25, 0.3) is 0 Å². The van der Waals surface area contributed by atoms with Gasteiger partial charge in [-0.05, 0) is 37.6 Å². The monoisotopic (exact) mass is 301 g/mol. The highest BCUT2D eigenvalue weighted by atomic mass is 79.9. The van der Waals surface area contributed by atoms with Gasteiger partial charge in [-0.3, -0.25) is 0 Å². The molecular formula is C13H17BrFNO. The van der Waals surface area contributed by atoms with Crippen molar-refractivity contribution in [1.82, 2.24) is 5.32 Å². The first-order valence-electron chi connectivity index (χ1n) is 5.81. The minimum Gasteiger partial charge on any atom is -0.381 e. The molecule has 2 nitrogen and oxygen atoms in total. The van der Waals surface area contributed by atoms with Gasteiger partial charge < -0.3 is 10.1 Å². The third kappa shape index (κ3) is 3.06. The van der Waals surface area contributed by atoms with Crippen molar-refractivity contribution in [3.8, 4) is 0 Å². The van der Waals surface area contributed by atoms with Crippen LogP contribution in [0.1, 0.15) is 12.0 Å². The van der Waals surface area contributed by atoms with Crippen molar-refractivity contribution < 1.29 is 9.13 Å². The molecule has 0 amide bonds. The zero-order valence-corrected chi connectivity index (χ0v) is 11.5. The summed E-state index contributed by atoms with van der Waals surface area (Å²) in [6, 6.07) is 5.27. The highest BCUT2D eigenvalue weighted by molar-refractivity contribution is 9.10. The Kier molecular flexibility index (Phi) is 4.17. The molecule has 1 aromatic rings. The minimum atomic E-state index is -0.137. The van der Waals surface area contributed by atoms with Crippen molar-refractivity contribution in [2.45, 2.75) is 12.8 Å². The molecule has 1 aliphatic rings. The molecule has 94 valence electrons. The second-order valence-electron chi connectivity index (χ2n) is 4.75. The Morgan fingerprint density at radius 3 is 2.94 bits per heavy atom. The highest BCUT2D eigenvalue weighted by Gasteiger charge is 2.35. The van der Waals surface area contributed by atoms with Crippen molar-refractivity contribution in [3.63, 3.8) is 0 Å². The van der Waals surface area contributed by atoms with Gasteiger partial charge in [-0.15, -0.1) is 0 Å². The van der Waals surface area contributed by atoms with Gasteiger partial charge >= 0.3 is 0 Å². The van der Waals surface area contributed by atoms with E-state index in [1.807, 2.05) is 19.2 Å². The van der Waals surface area contributed by atoms with Crippen LogP contribution < -0.4 is 5.32 Å². The van der Waals surface area contributed by atoms with Gasteiger partial charge in [0.05, 0.1) is 6.61 Å². The third-order valence-corrected chi connectivity index (χ3v) is 3.81. The van der Waals surface area contributed by atoms with Gasteiger partial charge in [0, 0.05) is 23.0 Å². The molecule has 0 radical (unpaired) electrons. The van der Waals surface area contributed by atoms with E-state index in [2.05, 4.69) is 21.2 Å². The molecule has 0 spiro atoms. The molecular weight excluding hydrogens is 285 g/mol. The molecule has 1 saturated heterocycles. The van der Waals surface area contributed by atoms with Crippen molar-refractivity contribution in [3.05, 3.63) is 34.1 Å². The average Bonchev–Trinajstić information content (AvgIpc) is 2.72. The maximum atomic E-state index is 13.8. The summed E-state index contributed by atoms with van der Waals surface area (Å²) in [5.74, 6) is -0.137. The van der Waals surface area contributed by atoms with Crippen molar-refractivity contribution in [2.24, 2.45) is 5.41 Å². The molecule has 1 heterocycles. The van der Waals surface area contributed by atoms with Crippen LogP contribution >= 0.6 is 15.9 Å². The lowest BCUT2D eigenvalue weighted by Gasteiger charge is -2.27. The summed E-state index contributed by atoms with van der Waals surface area (Å²) in [6.45, 7) is 2.35. The van der Waals surface area contributed by atoms with E-state index >= 15 is 0 Å². The Labute approximate surface area is 110 Å². The van der Waals surface area contributed by atoms with Crippen LogP contribution in [0.4, 0.5) is 4.39 Å². The number of nitrogens with one attached hydrogen (secondary N) is 1. The number of benzene rings is 1. The van der Waals surface area contributed by atoms with Gasteiger partial charge in [-0.2, -0.15) is 0 Å². The van der Waals surface area contributed by atoms with Crippen LogP contribution in [0.5, 0.6) is 0 Å². The zero-order valence-electron chi connectivity index (χ0n) is 9.93. The normalized spacial score (nSPS) is 24.2. The second kappa shape index (κ2) is 5.46. The molecule has 1 unspecified atom stereocenters. The summed E-state index contributed by atoms with van der Waals surface area (Å²) in [4.78, 5) is 0. The van der Waals surface area contributed by atoms with Crippen molar-refractivity contribution in [2.75, 3.05) is 26.8 Å². The molecule has 1 fully saturated rings. The Morgan fingerprint density at radius 2 is 2.35 bits per heavy atom. The fraction of sp³-hybridized carbons (Fsp3) is 0.538.